The molecule has 2 saturated heterocycles. The van der Waals surface area contributed by atoms with Crippen molar-refractivity contribution in [2.24, 2.45) is 0 Å². The van der Waals surface area contributed by atoms with E-state index in [1.54, 1.807) is 5.51 Å². The molecule has 0 spiro atoms. The van der Waals surface area contributed by atoms with Gasteiger partial charge in [-0.3, -0.25) is 4.79 Å². The van der Waals surface area contributed by atoms with Crippen LogP contribution in [0.3, 0.4) is 0 Å². The number of aromatic nitrogens is 3. The highest BCUT2D eigenvalue weighted by Crippen LogP contribution is 2.27. The summed E-state index contributed by atoms with van der Waals surface area (Å²) in [5.74, 6) is 1.17. The molecule has 2 aliphatic heterocycles. The highest BCUT2D eigenvalue weighted by Gasteiger charge is 2.27. The van der Waals surface area contributed by atoms with Gasteiger partial charge in [0.15, 0.2) is 0 Å². The molecule has 1 atom stereocenters. The minimum absolute atomic E-state index is 0.0384. The third-order valence-electron chi connectivity index (χ3n) is 5.71. The van der Waals surface area contributed by atoms with E-state index < -0.39 is 0 Å². The zero-order valence-electron chi connectivity index (χ0n) is 16.1. The molecule has 0 saturated carbocycles. The SMILES string of the molecule is O=C(NC1CCN(c2nccc(C3CCOCC3)n2)C1)c1cccc2ncsc12. The van der Waals surface area contributed by atoms with E-state index in [2.05, 4.69) is 20.2 Å². The lowest BCUT2D eigenvalue weighted by Gasteiger charge is -2.23. The van der Waals surface area contributed by atoms with Crippen molar-refractivity contribution in [2.45, 2.75) is 31.2 Å². The highest BCUT2D eigenvalue weighted by molar-refractivity contribution is 7.17. The molecule has 1 aromatic carbocycles. The molecule has 8 heteroatoms. The van der Waals surface area contributed by atoms with Gasteiger partial charge < -0.3 is 15.0 Å². The van der Waals surface area contributed by atoms with Crippen LogP contribution in [0.25, 0.3) is 10.2 Å². The average Bonchev–Trinajstić information content (AvgIpc) is 3.44. The van der Waals surface area contributed by atoms with Crippen LogP contribution in [0.5, 0.6) is 0 Å². The number of anilines is 1. The molecule has 5 rings (SSSR count). The highest BCUT2D eigenvalue weighted by atomic mass is 32.1. The number of rotatable bonds is 4. The van der Waals surface area contributed by atoms with E-state index in [-0.39, 0.29) is 11.9 Å². The Balaban J connectivity index is 1.26. The standard InChI is InChI=1S/C21H23N5O2S/c27-20(16-2-1-3-18-19(16)29-13-23-18)24-15-5-9-26(12-15)21-22-8-4-17(25-21)14-6-10-28-11-7-14/h1-4,8,13-15H,5-7,9-12H2,(H,24,27). The first-order valence-electron chi connectivity index (χ1n) is 10.1. The Kier molecular flexibility index (Phi) is 5.12. The van der Waals surface area contributed by atoms with Crippen molar-refractivity contribution in [3.63, 3.8) is 0 Å². The molecular weight excluding hydrogens is 386 g/mol. The lowest BCUT2D eigenvalue weighted by atomic mass is 9.96. The Morgan fingerprint density at radius 1 is 1.17 bits per heavy atom. The van der Waals surface area contributed by atoms with Crippen LogP contribution >= 0.6 is 11.3 Å². The van der Waals surface area contributed by atoms with Gasteiger partial charge in [-0.05, 0) is 37.5 Å². The molecule has 0 bridgehead atoms. The number of hydrogen-bond acceptors (Lipinski definition) is 7. The number of amides is 1. The molecular formula is C21H23N5O2S. The summed E-state index contributed by atoms with van der Waals surface area (Å²) in [6, 6.07) is 7.78. The summed E-state index contributed by atoms with van der Waals surface area (Å²) < 4.78 is 6.40. The van der Waals surface area contributed by atoms with Crippen LogP contribution in [0.15, 0.2) is 36.0 Å². The number of thiazole rings is 1. The molecule has 2 aliphatic rings. The first-order valence-corrected chi connectivity index (χ1v) is 10.9. The molecule has 0 radical (unpaired) electrons. The van der Waals surface area contributed by atoms with Crippen molar-refractivity contribution in [3.8, 4) is 0 Å². The smallest absolute Gasteiger partial charge is 0.253 e. The van der Waals surface area contributed by atoms with Crippen molar-refractivity contribution < 1.29 is 9.53 Å². The number of nitrogens with zero attached hydrogens (tertiary/aromatic N) is 4. The predicted molar refractivity (Wildman–Crippen MR) is 113 cm³/mol. The van der Waals surface area contributed by atoms with Gasteiger partial charge in [0.25, 0.3) is 5.91 Å². The average molecular weight is 410 g/mol. The van der Waals surface area contributed by atoms with Crippen molar-refractivity contribution in [1.29, 1.82) is 0 Å². The zero-order chi connectivity index (χ0) is 19.6. The van der Waals surface area contributed by atoms with Gasteiger partial charge in [-0.25, -0.2) is 15.0 Å². The second-order valence-electron chi connectivity index (χ2n) is 7.58. The van der Waals surface area contributed by atoms with E-state index in [9.17, 15) is 4.79 Å². The summed E-state index contributed by atoms with van der Waals surface area (Å²) >= 11 is 1.50. The molecule has 29 heavy (non-hydrogen) atoms. The lowest BCUT2D eigenvalue weighted by molar-refractivity contribution is 0.0845. The van der Waals surface area contributed by atoms with E-state index in [1.165, 1.54) is 11.3 Å². The Morgan fingerprint density at radius 3 is 2.97 bits per heavy atom. The van der Waals surface area contributed by atoms with Crippen molar-refractivity contribution >= 4 is 33.4 Å². The molecule has 150 valence electrons. The Bertz CT molecular complexity index is 1020. The van der Waals surface area contributed by atoms with E-state index in [1.807, 2.05) is 30.5 Å². The third-order valence-corrected chi connectivity index (χ3v) is 6.59. The van der Waals surface area contributed by atoms with Gasteiger partial charge in [-0.2, -0.15) is 0 Å². The maximum absolute atomic E-state index is 12.8. The number of benzene rings is 1. The summed E-state index contributed by atoms with van der Waals surface area (Å²) in [6.45, 7) is 3.16. The minimum atomic E-state index is -0.0384. The van der Waals surface area contributed by atoms with Gasteiger partial charge in [0.2, 0.25) is 5.95 Å². The summed E-state index contributed by atoms with van der Waals surface area (Å²) in [5, 5.41) is 3.18. The van der Waals surface area contributed by atoms with Crippen molar-refractivity contribution in [1.82, 2.24) is 20.3 Å². The fourth-order valence-electron chi connectivity index (χ4n) is 4.12. The van der Waals surface area contributed by atoms with Crippen LogP contribution in [0.1, 0.15) is 41.2 Å². The van der Waals surface area contributed by atoms with Crippen LogP contribution in [0.4, 0.5) is 5.95 Å². The van der Waals surface area contributed by atoms with Crippen LogP contribution in [-0.4, -0.2) is 53.2 Å². The fraction of sp³-hybridized carbons (Fsp3) is 0.429. The van der Waals surface area contributed by atoms with E-state index in [0.29, 0.717) is 11.5 Å². The number of ether oxygens (including phenoxy) is 1. The lowest BCUT2D eigenvalue weighted by Crippen LogP contribution is -2.37. The second kappa shape index (κ2) is 8.04. The maximum Gasteiger partial charge on any atom is 0.253 e. The van der Waals surface area contributed by atoms with Gasteiger partial charge in [-0.1, -0.05) is 6.07 Å². The third kappa shape index (κ3) is 3.82. The van der Waals surface area contributed by atoms with Crippen LogP contribution in [0.2, 0.25) is 0 Å². The van der Waals surface area contributed by atoms with Crippen molar-refractivity contribution in [2.75, 3.05) is 31.2 Å². The Hall–Kier alpha value is -2.58. The van der Waals surface area contributed by atoms with E-state index in [4.69, 9.17) is 9.72 Å². The van der Waals surface area contributed by atoms with Crippen LogP contribution in [0, 0.1) is 0 Å². The second-order valence-corrected chi connectivity index (χ2v) is 8.43. The maximum atomic E-state index is 12.8. The topological polar surface area (TPSA) is 80.2 Å². The van der Waals surface area contributed by atoms with Gasteiger partial charge in [-0.15, -0.1) is 11.3 Å². The summed E-state index contributed by atoms with van der Waals surface area (Å²) in [4.78, 5) is 28.6. The van der Waals surface area contributed by atoms with Gasteiger partial charge in [0.05, 0.1) is 21.3 Å². The molecule has 7 nitrogen and oxygen atoms in total. The zero-order valence-corrected chi connectivity index (χ0v) is 16.9. The van der Waals surface area contributed by atoms with E-state index in [0.717, 1.165) is 67.4 Å². The minimum Gasteiger partial charge on any atom is -0.381 e. The molecule has 1 unspecified atom stereocenters. The largest absolute Gasteiger partial charge is 0.381 e. The number of carbonyl (C=O) groups excluding carboxylic acids is 1. The number of nitrogens with one attached hydrogen (secondary N) is 1. The number of fused-ring (bicyclic) bond motifs is 1. The summed E-state index contributed by atoms with van der Waals surface area (Å²) in [7, 11) is 0. The number of hydrogen-bond donors (Lipinski definition) is 1. The first-order chi connectivity index (χ1) is 14.3. The normalized spacial score (nSPS) is 20.3. The van der Waals surface area contributed by atoms with Crippen LogP contribution in [-0.2, 0) is 4.74 Å². The first kappa shape index (κ1) is 18.4. The van der Waals surface area contributed by atoms with Crippen molar-refractivity contribution in [3.05, 3.63) is 47.2 Å². The molecule has 1 N–H and O–H groups in total. The van der Waals surface area contributed by atoms with E-state index >= 15 is 0 Å². The molecule has 1 amide bonds. The predicted octanol–water partition coefficient (Wildman–Crippen LogP) is 2.99. The molecule has 2 fully saturated rings. The quantitative estimate of drug-likeness (QED) is 0.714. The molecule has 4 heterocycles. The summed E-state index contributed by atoms with van der Waals surface area (Å²) in [6.07, 6.45) is 4.76. The monoisotopic (exact) mass is 409 g/mol. The molecule has 0 aliphatic carbocycles. The Morgan fingerprint density at radius 2 is 2.07 bits per heavy atom. The van der Waals surface area contributed by atoms with Gasteiger partial charge in [0, 0.05) is 50.2 Å². The van der Waals surface area contributed by atoms with Crippen LogP contribution < -0.4 is 10.2 Å². The molecule has 2 aromatic heterocycles. The number of carbonyl (C=O) groups is 1. The fourth-order valence-corrected chi connectivity index (χ4v) is 4.92. The molecule has 3 aromatic rings. The van der Waals surface area contributed by atoms with Gasteiger partial charge in [0.1, 0.15) is 0 Å². The Labute approximate surface area is 173 Å². The summed E-state index contributed by atoms with van der Waals surface area (Å²) in [5.41, 5.74) is 4.44. The van der Waals surface area contributed by atoms with Gasteiger partial charge >= 0.3 is 0 Å².